The Labute approximate surface area is 165 Å². The fourth-order valence-electron chi connectivity index (χ4n) is 2.08. The van der Waals surface area contributed by atoms with Crippen LogP contribution in [-0.4, -0.2) is 9.97 Å². The molecule has 2 nitrogen and oxygen atoms in total. The monoisotopic (exact) mass is 406 g/mol. The van der Waals surface area contributed by atoms with Gasteiger partial charge in [-0.15, -0.1) is 0 Å². The molecule has 0 fully saturated rings. The Morgan fingerprint density at radius 2 is 1.60 bits per heavy atom. The fourth-order valence-corrected chi connectivity index (χ4v) is 3.78. The number of halogens is 3. The first-order valence-electron chi connectivity index (χ1n) is 7.44. The highest BCUT2D eigenvalue weighted by Crippen LogP contribution is 2.30. The molecule has 2 aromatic carbocycles. The molecule has 25 heavy (non-hydrogen) atoms. The molecule has 1 heterocycles. The van der Waals surface area contributed by atoms with E-state index in [1.165, 1.54) is 11.8 Å². The van der Waals surface area contributed by atoms with Crippen molar-refractivity contribution >= 4 is 58.7 Å². The van der Waals surface area contributed by atoms with Gasteiger partial charge in [-0.25, -0.2) is 9.97 Å². The summed E-state index contributed by atoms with van der Waals surface area (Å²) in [4.78, 5) is 8.83. The molecule has 0 unspecified atom stereocenters. The number of aromatic nitrogens is 2. The minimum absolute atomic E-state index is 0.614. The van der Waals surface area contributed by atoms with E-state index in [2.05, 4.69) is 9.97 Å². The van der Waals surface area contributed by atoms with Gasteiger partial charge in [-0.2, -0.15) is 0 Å². The lowest BCUT2D eigenvalue weighted by Crippen LogP contribution is -1.91. The molecule has 0 saturated heterocycles. The zero-order chi connectivity index (χ0) is 17.6. The number of nitrogens with zero attached hydrogens (tertiary/aromatic N) is 2. The number of rotatable bonds is 5. The maximum atomic E-state index is 6.20. The largest absolute Gasteiger partial charge is 0.231 e. The number of thioether (sulfide) groups is 1. The number of benzene rings is 2. The van der Waals surface area contributed by atoms with Crippen molar-refractivity contribution in [1.29, 1.82) is 0 Å². The molecule has 0 aliphatic rings. The molecule has 3 aromatic rings. The summed E-state index contributed by atoms with van der Waals surface area (Å²) in [5.74, 6) is 0.614. The maximum Gasteiger partial charge on any atom is 0.188 e. The third-order valence-electron chi connectivity index (χ3n) is 3.38. The number of hydrogen-bond acceptors (Lipinski definition) is 3. The van der Waals surface area contributed by atoms with Crippen LogP contribution in [0.4, 0.5) is 0 Å². The van der Waals surface area contributed by atoms with Gasteiger partial charge < -0.3 is 0 Å². The SMILES string of the molecule is Clc1ccc(C=Cc2ccnc(SCc3c(Cl)cccc3Cl)n2)cc1. The lowest BCUT2D eigenvalue weighted by atomic mass is 10.2. The van der Waals surface area contributed by atoms with Gasteiger partial charge in [0.25, 0.3) is 0 Å². The highest BCUT2D eigenvalue weighted by molar-refractivity contribution is 7.98. The molecule has 0 spiro atoms. The lowest BCUT2D eigenvalue weighted by molar-refractivity contribution is 0.957. The topological polar surface area (TPSA) is 25.8 Å². The van der Waals surface area contributed by atoms with E-state index in [9.17, 15) is 0 Å². The van der Waals surface area contributed by atoms with Crippen LogP contribution in [0.15, 0.2) is 59.9 Å². The summed E-state index contributed by atoms with van der Waals surface area (Å²) >= 11 is 19.8. The van der Waals surface area contributed by atoms with Crippen LogP contribution in [0.1, 0.15) is 16.8 Å². The van der Waals surface area contributed by atoms with E-state index < -0.39 is 0 Å². The zero-order valence-electron chi connectivity index (χ0n) is 13.0. The summed E-state index contributed by atoms with van der Waals surface area (Å²) in [5, 5.41) is 2.70. The quantitative estimate of drug-likeness (QED) is 0.340. The highest BCUT2D eigenvalue weighted by atomic mass is 35.5. The number of hydrogen-bond donors (Lipinski definition) is 0. The van der Waals surface area contributed by atoms with E-state index in [4.69, 9.17) is 34.8 Å². The van der Waals surface area contributed by atoms with Crippen LogP contribution in [-0.2, 0) is 5.75 Å². The Bertz CT molecular complexity index is 875. The van der Waals surface area contributed by atoms with Gasteiger partial charge in [0.05, 0.1) is 5.69 Å². The van der Waals surface area contributed by atoms with Crippen molar-refractivity contribution in [3.05, 3.63) is 86.6 Å². The maximum absolute atomic E-state index is 6.20. The Balaban J connectivity index is 1.70. The summed E-state index contributed by atoms with van der Waals surface area (Å²) in [6, 6.07) is 15.0. The molecule has 0 saturated carbocycles. The Morgan fingerprint density at radius 3 is 2.32 bits per heavy atom. The standard InChI is InChI=1S/C19H13Cl3N2S/c20-14-7-4-13(5-8-14)6-9-15-10-11-23-19(24-15)25-12-16-17(21)2-1-3-18(16)22/h1-11H,12H2. The molecule has 1 aromatic heterocycles. The van der Waals surface area contributed by atoms with E-state index in [1.54, 1.807) is 6.20 Å². The van der Waals surface area contributed by atoms with Crippen LogP contribution >= 0.6 is 46.6 Å². The first kappa shape index (κ1) is 18.3. The molecule has 0 radical (unpaired) electrons. The lowest BCUT2D eigenvalue weighted by Gasteiger charge is -2.06. The summed E-state index contributed by atoms with van der Waals surface area (Å²) in [6.07, 6.45) is 5.67. The summed E-state index contributed by atoms with van der Waals surface area (Å²) in [5.41, 5.74) is 2.78. The zero-order valence-corrected chi connectivity index (χ0v) is 16.1. The Morgan fingerprint density at radius 1 is 0.880 bits per heavy atom. The normalized spacial score (nSPS) is 11.2. The van der Waals surface area contributed by atoms with Crippen LogP contribution in [0.3, 0.4) is 0 Å². The second-order valence-electron chi connectivity index (χ2n) is 5.14. The molecule has 0 aliphatic heterocycles. The Hall–Kier alpha value is -1.52. The summed E-state index contributed by atoms with van der Waals surface area (Å²) in [6.45, 7) is 0. The van der Waals surface area contributed by atoms with Gasteiger partial charge in [0.15, 0.2) is 5.16 Å². The minimum atomic E-state index is 0.614. The van der Waals surface area contributed by atoms with Crippen LogP contribution in [0.2, 0.25) is 15.1 Å². The Kier molecular flexibility index (Phi) is 6.38. The molecule has 0 amide bonds. The van der Waals surface area contributed by atoms with Crippen molar-refractivity contribution in [2.45, 2.75) is 10.9 Å². The van der Waals surface area contributed by atoms with E-state index in [1.807, 2.05) is 60.7 Å². The molecule has 0 atom stereocenters. The smallest absolute Gasteiger partial charge is 0.188 e. The molecule has 3 rings (SSSR count). The average molecular weight is 408 g/mol. The molecule has 0 aliphatic carbocycles. The van der Waals surface area contributed by atoms with Gasteiger partial charge in [0.2, 0.25) is 0 Å². The van der Waals surface area contributed by atoms with Crippen LogP contribution in [0.25, 0.3) is 12.2 Å². The first-order valence-corrected chi connectivity index (χ1v) is 9.56. The predicted molar refractivity (Wildman–Crippen MR) is 108 cm³/mol. The van der Waals surface area contributed by atoms with E-state index >= 15 is 0 Å². The van der Waals surface area contributed by atoms with Crippen molar-refractivity contribution in [3.8, 4) is 0 Å². The van der Waals surface area contributed by atoms with E-state index in [0.717, 1.165) is 21.8 Å². The predicted octanol–water partition coefficient (Wildman–Crippen LogP) is 6.90. The molecule has 0 bridgehead atoms. The van der Waals surface area contributed by atoms with Crippen molar-refractivity contribution in [1.82, 2.24) is 9.97 Å². The second-order valence-corrected chi connectivity index (χ2v) is 7.33. The van der Waals surface area contributed by atoms with Gasteiger partial charge >= 0.3 is 0 Å². The van der Waals surface area contributed by atoms with Crippen LogP contribution in [0, 0.1) is 0 Å². The van der Waals surface area contributed by atoms with Gasteiger partial charge in [-0.1, -0.05) is 70.8 Å². The molecular weight excluding hydrogens is 395 g/mol. The van der Waals surface area contributed by atoms with Gasteiger partial charge in [0, 0.05) is 27.0 Å². The molecule has 0 N–H and O–H groups in total. The van der Waals surface area contributed by atoms with Crippen LogP contribution < -0.4 is 0 Å². The van der Waals surface area contributed by atoms with Crippen molar-refractivity contribution in [3.63, 3.8) is 0 Å². The van der Waals surface area contributed by atoms with Crippen molar-refractivity contribution < 1.29 is 0 Å². The van der Waals surface area contributed by atoms with Gasteiger partial charge in [-0.05, 0) is 47.5 Å². The third kappa shape index (κ3) is 5.23. The van der Waals surface area contributed by atoms with E-state index in [0.29, 0.717) is 21.0 Å². The minimum Gasteiger partial charge on any atom is -0.231 e. The fraction of sp³-hybridized carbons (Fsp3) is 0.0526. The molecule has 126 valence electrons. The molecular formula is C19H13Cl3N2S. The van der Waals surface area contributed by atoms with Gasteiger partial charge in [0.1, 0.15) is 0 Å². The highest BCUT2D eigenvalue weighted by Gasteiger charge is 2.07. The third-order valence-corrected chi connectivity index (χ3v) is 5.23. The average Bonchev–Trinajstić information content (AvgIpc) is 2.61. The second kappa shape index (κ2) is 8.72. The van der Waals surface area contributed by atoms with Gasteiger partial charge in [-0.3, -0.25) is 0 Å². The van der Waals surface area contributed by atoms with E-state index in [-0.39, 0.29) is 0 Å². The van der Waals surface area contributed by atoms with Crippen LogP contribution in [0.5, 0.6) is 0 Å². The molecule has 6 heteroatoms. The van der Waals surface area contributed by atoms with Crippen molar-refractivity contribution in [2.24, 2.45) is 0 Å². The summed E-state index contributed by atoms with van der Waals surface area (Å²) in [7, 11) is 0. The summed E-state index contributed by atoms with van der Waals surface area (Å²) < 4.78 is 0. The van der Waals surface area contributed by atoms with Crippen molar-refractivity contribution in [2.75, 3.05) is 0 Å². The first-order chi connectivity index (χ1) is 12.1.